The number of benzene rings is 1. The van der Waals surface area contributed by atoms with Crippen LogP contribution >= 0.6 is 0 Å². The van der Waals surface area contributed by atoms with Crippen LogP contribution in [-0.2, 0) is 13.1 Å². The van der Waals surface area contributed by atoms with Crippen LogP contribution in [0.2, 0.25) is 0 Å². The first-order chi connectivity index (χ1) is 12.4. The Balaban J connectivity index is 1.34. The Morgan fingerprint density at radius 2 is 1.60 bits per heavy atom. The lowest BCUT2D eigenvalue weighted by molar-refractivity contribution is 0.122. The standard InChI is InChI=1S/C20H23N5/c1-2-6-18(7-3-1)20-19(14-22-23-20)16-25-11-9-24(10-12-25)15-17-5-4-8-21-13-17/h1-8,13-14H,9-12,15-16H2,(H,22,23). The molecule has 1 saturated heterocycles. The molecule has 4 rings (SSSR count). The maximum Gasteiger partial charge on any atom is 0.0695 e. The highest BCUT2D eigenvalue weighted by molar-refractivity contribution is 5.62. The maximum absolute atomic E-state index is 4.27. The molecule has 1 aromatic carbocycles. The monoisotopic (exact) mass is 333 g/mol. The minimum absolute atomic E-state index is 0.946. The van der Waals surface area contributed by atoms with Gasteiger partial charge in [0.2, 0.25) is 0 Å². The van der Waals surface area contributed by atoms with Crippen molar-refractivity contribution < 1.29 is 0 Å². The minimum Gasteiger partial charge on any atom is -0.296 e. The average molecular weight is 333 g/mol. The fraction of sp³-hybridized carbons (Fsp3) is 0.300. The smallest absolute Gasteiger partial charge is 0.0695 e. The third kappa shape index (κ3) is 3.95. The minimum atomic E-state index is 0.946. The molecule has 0 bridgehead atoms. The molecule has 1 aliphatic rings. The third-order valence-corrected chi connectivity index (χ3v) is 4.77. The number of aromatic nitrogens is 3. The summed E-state index contributed by atoms with van der Waals surface area (Å²) < 4.78 is 0. The predicted octanol–water partition coefficient (Wildman–Crippen LogP) is 2.79. The lowest BCUT2D eigenvalue weighted by atomic mass is 10.1. The van der Waals surface area contributed by atoms with Crippen LogP contribution in [0.4, 0.5) is 0 Å². The van der Waals surface area contributed by atoms with Crippen LogP contribution in [-0.4, -0.2) is 51.2 Å². The van der Waals surface area contributed by atoms with Crippen LogP contribution in [0.5, 0.6) is 0 Å². The van der Waals surface area contributed by atoms with E-state index in [1.807, 2.05) is 30.7 Å². The van der Waals surface area contributed by atoms with E-state index in [2.05, 4.69) is 55.3 Å². The van der Waals surface area contributed by atoms with Gasteiger partial charge in [0.05, 0.1) is 11.9 Å². The van der Waals surface area contributed by atoms with E-state index in [1.54, 1.807) is 0 Å². The Hall–Kier alpha value is -2.50. The van der Waals surface area contributed by atoms with E-state index in [0.717, 1.165) is 45.0 Å². The van der Waals surface area contributed by atoms with Crippen molar-refractivity contribution in [3.05, 3.63) is 72.2 Å². The largest absolute Gasteiger partial charge is 0.296 e. The second-order valence-corrected chi connectivity index (χ2v) is 6.55. The highest BCUT2D eigenvalue weighted by atomic mass is 15.3. The van der Waals surface area contributed by atoms with Crippen molar-refractivity contribution in [1.29, 1.82) is 0 Å². The molecule has 5 nitrogen and oxygen atoms in total. The third-order valence-electron chi connectivity index (χ3n) is 4.77. The van der Waals surface area contributed by atoms with E-state index >= 15 is 0 Å². The molecule has 3 heterocycles. The number of nitrogens with zero attached hydrogens (tertiary/aromatic N) is 4. The molecular formula is C20H23N5. The molecule has 5 heteroatoms. The lowest BCUT2D eigenvalue weighted by Gasteiger charge is -2.34. The van der Waals surface area contributed by atoms with Crippen molar-refractivity contribution >= 4 is 0 Å². The maximum atomic E-state index is 4.27. The molecule has 2 aromatic heterocycles. The predicted molar refractivity (Wildman–Crippen MR) is 98.8 cm³/mol. The first kappa shape index (κ1) is 16.0. The van der Waals surface area contributed by atoms with E-state index in [0.29, 0.717) is 0 Å². The van der Waals surface area contributed by atoms with Crippen LogP contribution in [0.25, 0.3) is 11.3 Å². The number of H-pyrrole nitrogens is 1. The molecule has 128 valence electrons. The van der Waals surface area contributed by atoms with Crippen LogP contribution < -0.4 is 0 Å². The Bertz CT molecular complexity index is 776. The summed E-state index contributed by atoms with van der Waals surface area (Å²) in [6.07, 6.45) is 5.75. The molecule has 0 aliphatic carbocycles. The van der Waals surface area contributed by atoms with Crippen LogP contribution in [0.3, 0.4) is 0 Å². The highest BCUT2D eigenvalue weighted by Crippen LogP contribution is 2.22. The number of hydrogen-bond donors (Lipinski definition) is 1. The van der Waals surface area contributed by atoms with Gasteiger partial charge >= 0.3 is 0 Å². The van der Waals surface area contributed by atoms with Gasteiger partial charge in [0.1, 0.15) is 0 Å². The summed E-state index contributed by atoms with van der Waals surface area (Å²) >= 11 is 0. The molecule has 1 aliphatic heterocycles. The number of rotatable bonds is 5. The van der Waals surface area contributed by atoms with Gasteiger partial charge < -0.3 is 0 Å². The summed E-state index contributed by atoms with van der Waals surface area (Å²) in [5.74, 6) is 0. The number of hydrogen-bond acceptors (Lipinski definition) is 4. The molecule has 0 atom stereocenters. The van der Waals surface area contributed by atoms with Gasteiger partial charge in [-0.2, -0.15) is 5.10 Å². The van der Waals surface area contributed by atoms with Crippen molar-refractivity contribution in [2.24, 2.45) is 0 Å². The molecule has 0 unspecified atom stereocenters. The average Bonchev–Trinajstić information content (AvgIpc) is 3.13. The van der Waals surface area contributed by atoms with Gasteiger partial charge in [-0.1, -0.05) is 36.4 Å². The summed E-state index contributed by atoms with van der Waals surface area (Å²) in [5, 5.41) is 7.42. The van der Waals surface area contributed by atoms with Crippen molar-refractivity contribution in [3.8, 4) is 11.3 Å². The quantitative estimate of drug-likeness (QED) is 0.780. The van der Waals surface area contributed by atoms with Gasteiger partial charge in [-0.15, -0.1) is 0 Å². The summed E-state index contributed by atoms with van der Waals surface area (Å²) in [6, 6.07) is 14.6. The van der Waals surface area contributed by atoms with Crippen LogP contribution in [0.1, 0.15) is 11.1 Å². The molecule has 1 fully saturated rings. The fourth-order valence-corrected chi connectivity index (χ4v) is 3.38. The molecule has 1 N–H and O–H groups in total. The zero-order valence-corrected chi connectivity index (χ0v) is 14.3. The van der Waals surface area contributed by atoms with Gasteiger partial charge in [0, 0.05) is 57.2 Å². The van der Waals surface area contributed by atoms with E-state index in [4.69, 9.17) is 0 Å². The fourth-order valence-electron chi connectivity index (χ4n) is 3.38. The highest BCUT2D eigenvalue weighted by Gasteiger charge is 2.19. The van der Waals surface area contributed by atoms with E-state index in [1.165, 1.54) is 16.7 Å². The molecule has 3 aromatic rings. The number of piperazine rings is 1. The zero-order chi connectivity index (χ0) is 16.9. The number of nitrogens with one attached hydrogen (secondary N) is 1. The SMILES string of the molecule is c1ccc(-c2[nH]ncc2CN2CCN(Cc3cccnc3)CC2)cc1. The molecule has 0 saturated carbocycles. The summed E-state index contributed by atoms with van der Waals surface area (Å²) in [7, 11) is 0. The van der Waals surface area contributed by atoms with Crippen molar-refractivity contribution in [2.75, 3.05) is 26.2 Å². The summed E-state index contributed by atoms with van der Waals surface area (Å²) in [5.41, 5.74) is 4.90. The van der Waals surface area contributed by atoms with E-state index in [9.17, 15) is 0 Å². The Morgan fingerprint density at radius 3 is 2.32 bits per heavy atom. The number of aromatic amines is 1. The second-order valence-electron chi connectivity index (χ2n) is 6.55. The Kier molecular flexibility index (Phi) is 4.86. The zero-order valence-electron chi connectivity index (χ0n) is 14.3. The molecule has 0 radical (unpaired) electrons. The normalized spacial score (nSPS) is 16.2. The van der Waals surface area contributed by atoms with Crippen LogP contribution in [0.15, 0.2) is 61.1 Å². The van der Waals surface area contributed by atoms with Crippen molar-refractivity contribution in [1.82, 2.24) is 25.0 Å². The Labute approximate surface area is 148 Å². The van der Waals surface area contributed by atoms with E-state index < -0.39 is 0 Å². The van der Waals surface area contributed by atoms with Crippen molar-refractivity contribution in [3.63, 3.8) is 0 Å². The second kappa shape index (κ2) is 7.59. The topological polar surface area (TPSA) is 48.1 Å². The van der Waals surface area contributed by atoms with Gasteiger partial charge in [0.25, 0.3) is 0 Å². The van der Waals surface area contributed by atoms with Crippen LogP contribution in [0, 0.1) is 0 Å². The van der Waals surface area contributed by atoms with Gasteiger partial charge in [-0.25, -0.2) is 0 Å². The molecule has 0 spiro atoms. The lowest BCUT2D eigenvalue weighted by Crippen LogP contribution is -2.45. The molecular weight excluding hydrogens is 310 g/mol. The van der Waals surface area contributed by atoms with Gasteiger partial charge in [-0.3, -0.25) is 19.9 Å². The first-order valence-electron chi connectivity index (χ1n) is 8.80. The van der Waals surface area contributed by atoms with E-state index in [-0.39, 0.29) is 0 Å². The van der Waals surface area contributed by atoms with Gasteiger partial charge in [0.15, 0.2) is 0 Å². The first-order valence-corrected chi connectivity index (χ1v) is 8.80. The number of pyridine rings is 1. The summed E-state index contributed by atoms with van der Waals surface area (Å²) in [4.78, 5) is 9.22. The van der Waals surface area contributed by atoms with Gasteiger partial charge in [-0.05, 0) is 17.2 Å². The van der Waals surface area contributed by atoms with Crippen molar-refractivity contribution in [2.45, 2.75) is 13.1 Å². The Morgan fingerprint density at radius 1 is 0.840 bits per heavy atom. The molecule has 25 heavy (non-hydrogen) atoms. The molecule has 0 amide bonds. The summed E-state index contributed by atoms with van der Waals surface area (Å²) in [6.45, 7) is 6.28.